The van der Waals surface area contributed by atoms with Crippen LogP contribution in [0.25, 0.3) is 0 Å². The SMILES string of the molecule is CN=C(NCCCCCCCN(C)C)NCCC(F)(F)F. The molecule has 0 aliphatic carbocycles. The third-order valence-corrected chi connectivity index (χ3v) is 3.00. The molecule has 0 saturated heterocycles. The van der Waals surface area contributed by atoms with Crippen LogP contribution in [0.15, 0.2) is 4.99 Å². The van der Waals surface area contributed by atoms with Gasteiger partial charge in [0, 0.05) is 20.1 Å². The summed E-state index contributed by atoms with van der Waals surface area (Å²) in [4.78, 5) is 6.07. The summed E-state index contributed by atoms with van der Waals surface area (Å²) in [6.07, 6.45) is 0.771. The lowest BCUT2D eigenvalue weighted by atomic mass is 10.1. The van der Waals surface area contributed by atoms with Crippen LogP contribution in [0, 0.1) is 0 Å². The van der Waals surface area contributed by atoms with E-state index in [1.807, 2.05) is 0 Å². The molecular formula is C14H29F3N4. The Labute approximate surface area is 126 Å². The summed E-state index contributed by atoms with van der Waals surface area (Å²) in [5.41, 5.74) is 0. The van der Waals surface area contributed by atoms with Gasteiger partial charge < -0.3 is 15.5 Å². The summed E-state index contributed by atoms with van der Waals surface area (Å²) in [7, 11) is 5.70. The number of nitrogens with zero attached hydrogens (tertiary/aromatic N) is 2. The highest BCUT2D eigenvalue weighted by Crippen LogP contribution is 2.17. The topological polar surface area (TPSA) is 39.7 Å². The Bertz CT molecular complexity index is 278. The van der Waals surface area contributed by atoms with Crippen LogP contribution in [-0.4, -0.2) is 57.8 Å². The van der Waals surface area contributed by atoms with Gasteiger partial charge in [-0.1, -0.05) is 19.3 Å². The van der Waals surface area contributed by atoms with Crippen molar-refractivity contribution in [3.05, 3.63) is 0 Å². The molecule has 0 aromatic rings. The van der Waals surface area contributed by atoms with E-state index in [-0.39, 0.29) is 6.54 Å². The lowest BCUT2D eigenvalue weighted by Gasteiger charge is -2.13. The molecule has 21 heavy (non-hydrogen) atoms. The summed E-state index contributed by atoms with van der Waals surface area (Å²) in [5.74, 6) is 0.437. The van der Waals surface area contributed by atoms with E-state index in [9.17, 15) is 13.2 Å². The maximum absolute atomic E-state index is 12.0. The highest BCUT2D eigenvalue weighted by atomic mass is 19.4. The number of guanidine groups is 1. The van der Waals surface area contributed by atoms with Gasteiger partial charge in [0.15, 0.2) is 5.96 Å². The highest BCUT2D eigenvalue weighted by Gasteiger charge is 2.26. The van der Waals surface area contributed by atoms with Crippen molar-refractivity contribution in [3.8, 4) is 0 Å². The molecule has 0 saturated carbocycles. The minimum Gasteiger partial charge on any atom is -0.356 e. The molecule has 7 heteroatoms. The third kappa shape index (κ3) is 15.2. The molecule has 2 N–H and O–H groups in total. The molecule has 0 aliphatic heterocycles. The van der Waals surface area contributed by atoms with Crippen molar-refractivity contribution in [2.45, 2.75) is 44.7 Å². The van der Waals surface area contributed by atoms with E-state index in [0.717, 1.165) is 25.9 Å². The van der Waals surface area contributed by atoms with Gasteiger partial charge in [-0.3, -0.25) is 4.99 Å². The first-order valence-corrected chi connectivity index (χ1v) is 7.51. The first-order valence-electron chi connectivity index (χ1n) is 7.51. The fraction of sp³-hybridized carbons (Fsp3) is 0.929. The number of hydrogen-bond donors (Lipinski definition) is 2. The lowest BCUT2D eigenvalue weighted by molar-refractivity contribution is -0.132. The molecule has 0 amide bonds. The van der Waals surface area contributed by atoms with E-state index >= 15 is 0 Å². The monoisotopic (exact) mass is 310 g/mol. The maximum Gasteiger partial charge on any atom is 0.390 e. The standard InChI is InChI=1S/C14H29F3N4/c1-18-13(20-11-9-14(15,16)17)19-10-7-5-4-6-8-12-21(2)3/h4-12H2,1-3H3,(H2,18,19,20). The Morgan fingerprint density at radius 1 is 0.952 bits per heavy atom. The molecule has 0 unspecified atom stereocenters. The zero-order chi connectivity index (χ0) is 16.1. The van der Waals surface area contributed by atoms with Crippen molar-refractivity contribution in [2.24, 2.45) is 4.99 Å². The van der Waals surface area contributed by atoms with E-state index in [1.54, 1.807) is 7.05 Å². The minimum atomic E-state index is -4.13. The van der Waals surface area contributed by atoms with E-state index < -0.39 is 12.6 Å². The second kappa shape index (κ2) is 11.7. The average Bonchev–Trinajstić information content (AvgIpc) is 2.38. The second-order valence-corrected chi connectivity index (χ2v) is 5.36. The first kappa shape index (κ1) is 20.0. The van der Waals surface area contributed by atoms with Crippen molar-refractivity contribution in [3.63, 3.8) is 0 Å². The fourth-order valence-corrected chi connectivity index (χ4v) is 1.83. The van der Waals surface area contributed by atoms with Gasteiger partial charge in [-0.05, 0) is 33.5 Å². The summed E-state index contributed by atoms with van der Waals surface area (Å²) < 4.78 is 36.0. The number of nitrogens with one attached hydrogen (secondary N) is 2. The van der Waals surface area contributed by atoms with E-state index in [0.29, 0.717) is 5.96 Å². The summed E-state index contributed by atoms with van der Waals surface area (Å²) in [5, 5.41) is 5.69. The molecule has 0 radical (unpaired) electrons. The van der Waals surface area contributed by atoms with Crippen molar-refractivity contribution in [2.75, 3.05) is 40.8 Å². The Morgan fingerprint density at radius 2 is 1.52 bits per heavy atom. The van der Waals surface area contributed by atoms with Gasteiger partial charge in [-0.15, -0.1) is 0 Å². The zero-order valence-electron chi connectivity index (χ0n) is 13.4. The quantitative estimate of drug-likeness (QED) is 0.370. The number of hydrogen-bond acceptors (Lipinski definition) is 2. The van der Waals surface area contributed by atoms with E-state index in [1.165, 1.54) is 19.3 Å². The van der Waals surface area contributed by atoms with Crippen LogP contribution < -0.4 is 10.6 Å². The maximum atomic E-state index is 12.0. The Balaban J connectivity index is 3.48. The number of rotatable bonds is 10. The van der Waals surface area contributed by atoms with Crippen molar-refractivity contribution in [1.82, 2.24) is 15.5 Å². The highest BCUT2D eigenvalue weighted by molar-refractivity contribution is 5.79. The van der Waals surface area contributed by atoms with Crippen LogP contribution in [0.4, 0.5) is 13.2 Å². The molecule has 0 rings (SSSR count). The molecule has 4 nitrogen and oxygen atoms in total. The van der Waals surface area contributed by atoms with Crippen LogP contribution in [0.1, 0.15) is 38.5 Å². The first-order chi connectivity index (χ1) is 9.85. The average molecular weight is 310 g/mol. The lowest BCUT2D eigenvalue weighted by Crippen LogP contribution is -2.39. The molecule has 126 valence electrons. The number of unbranched alkanes of at least 4 members (excludes halogenated alkanes) is 4. The molecule has 0 fully saturated rings. The van der Waals surface area contributed by atoms with Crippen molar-refractivity contribution in [1.29, 1.82) is 0 Å². The van der Waals surface area contributed by atoms with Gasteiger partial charge in [-0.25, -0.2) is 0 Å². The molecule has 0 aliphatic rings. The molecule has 0 aromatic heterocycles. The predicted molar refractivity (Wildman–Crippen MR) is 81.7 cm³/mol. The van der Waals surface area contributed by atoms with Crippen LogP contribution in [-0.2, 0) is 0 Å². The van der Waals surface area contributed by atoms with Gasteiger partial charge in [0.1, 0.15) is 0 Å². The summed E-state index contributed by atoms with van der Waals surface area (Å²) in [6, 6.07) is 0. The number of aliphatic imine (C=N–C) groups is 1. The molecule has 0 bridgehead atoms. The van der Waals surface area contributed by atoms with E-state index in [2.05, 4.69) is 34.6 Å². The zero-order valence-corrected chi connectivity index (χ0v) is 13.4. The van der Waals surface area contributed by atoms with Crippen LogP contribution in [0.2, 0.25) is 0 Å². The number of alkyl halides is 3. The van der Waals surface area contributed by atoms with Crippen LogP contribution in [0.5, 0.6) is 0 Å². The minimum absolute atomic E-state index is 0.145. The van der Waals surface area contributed by atoms with Crippen LogP contribution >= 0.6 is 0 Å². The van der Waals surface area contributed by atoms with Gasteiger partial charge in [0.05, 0.1) is 6.42 Å². The normalized spacial score (nSPS) is 12.8. The van der Waals surface area contributed by atoms with Gasteiger partial charge in [0.2, 0.25) is 0 Å². The predicted octanol–water partition coefficient (Wildman–Crippen LogP) is 2.62. The largest absolute Gasteiger partial charge is 0.390 e. The van der Waals surface area contributed by atoms with Crippen molar-refractivity contribution >= 4 is 5.96 Å². The van der Waals surface area contributed by atoms with Crippen LogP contribution in [0.3, 0.4) is 0 Å². The third-order valence-electron chi connectivity index (χ3n) is 3.00. The molecule has 0 heterocycles. The fourth-order valence-electron chi connectivity index (χ4n) is 1.83. The molecule has 0 atom stereocenters. The Hall–Kier alpha value is -0.980. The van der Waals surface area contributed by atoms with Gasteiger partial charge in [0.25, 0.3) is 0 Å². The summed E-state index contributed by atoms with van der Waals surface area (Å²) >= 11 is 0. The smallest absolute Gasteiger partial charge is 0.356 e. The second-order valence-electron chi connectivity index (χ2n) is 5.36. The molecule has 0 spiro atoms. The summed E-state index contributed by atoms with van der Waals surface area (Å²) in [6.45, 7) is 1.71. The Morgan fingerprint density at radius 3 is 2.10 bits per heavy atom. The Kier molecular flexibility index (Phi) is 11.1. The molecular weight excluding hydrogens is 281 g/mol. The van der Waals surface area contributed by atoms with Gasteiger partial charge >= 0.3 is 6.18 Å². The van der Waals surface area contributed by atoms with Crippen molar-refractivity contribution < 1.29 is 13.2 Å². The van der Waals surface area contributed by atoms with E-state index in [4.69, 9.17) is 0 Å². The molecule has 0 aromatic carbocycles. The van der Waals surface area contributed by atoms with Gasteiger partial charge in [-0.2, -0.15) is 13.2 Å². The number of halogens is 3.